The molecule has 0 aromatic carbocycles. The normalized spacial score (nSPS) is 44.4. The van der Waals surface area contributed by atoms with Crippen molar-refractivity contribution in [3.05, 3.63) is 36.0 Å². The molecule has 0 aromatic rings. The van der Waals surface area contributed by atoms with Gasteiger partial charge in [-0.15, -0.1) is 0 Å². The van der Waals surface area contributed by atoms with E-state index in [2.05, 4.69) is 66.3 Å². The maximum atomic E-state index is 10.2. The van der Waals surface area contributed by atoms with E-state index in [1.165, 1.54) is 44.1 Å². The number of allylic oxidation sites excluding steroid dienone is 4. The highest BCUT2D eigenvalue weighted by Crippen LogP contribution is 2.67. The van der Waals surface area contributed by atoms with Gasteiger partial charge < -0.3 is 5.11 Å². The third-order valence-corrected chi connectivity index (χ3v) is 10.8. The molecule has 3 saturated carbocycles. The van der Waals surface area contributed by atoms with Gasteiger partial charge >= 0.3 is 0 Å². The summed E-state index contributed by atoms with van der Waals surface area (Å²) in [6.45, 7) is 18.8. The first-order valence-electron chi connectivity index (χ1n) is 13.3. The zero-order valence-electron chi connectivity index (χ0n) is 21.2. The van der Waals surface area contributed by atoms with Crippen molar-refractivity contribution in [3.8, 4) is 0 Å². The van der Waals surface area contributed by atoms with Crippen molar-refractivity contribution >= 4 is 0 Å². The first kappa shape index (κ1) is 23.3. The minimum absolute atomic E-state index is 0.0950. The Kier molecular flexibility index (Phi) is 6.41. The molecule has 3 fully saturated rings. The number of rotatable bonds is 5. The molecule has 174 valence electrons. The fourth-order valence-corrected chi connectivity index (χ4v) is 8.67. The van der Waals surface area contributed by atoms with E-state index in [9.17, 15) is 5.11 Å². The van der Waals surface area contributed by atoms with Crippen LogP contribution in [0.3, 0.4) is 0 Å². The van der Waals surface area contributed by atoms with Gasteiger partial charge in [-0.25, -0.2) is 0 Å². The van der Waals surface area contributed by atoms with Crippen LogP contribution in [0.4, 0.5) is 0 Å². The van der Waals surface area contributed by atoms with Crippen molar-refractivity contribution in [3.63, 3.8) is 0 Å². The van der Waals surface area contributed by atoms with Crippen LogP contribution in [0.5, 0.6) is 0 Å². The van der Waals surface area contributed by atoms with Crippen molar-refractivity contribution < 1.29 is 5.11 Å². The monoisotopic (exact) mass is 424 g/mol. The lowest BCUT2D eigenvalue weighted by Crippen LogP contribution is -2.50. The Morgan fingerprint density at radius 2 is 1.77 bits per heavy atom. The van der Waals surface area contributed by atoms with Gasteiger partial charge in [-0.2, -0.15) is 0 Å². The molecule has 9 atom stereocenters. The molecule has 0 radical (unpaired) electrons. The van der Waals surface area contributed by atoms with E-state index in [0.717, 1.165) is 36.5 Å². The van der Waals surface area contributed by atoms with Gasteiger partial charge in [0.25, 0.3) is 0 Å². The molecule has 4 aliphatic carbocycles. The van der Waals surface area contributed by atoms with Crippen LogP contribution in [-0.2, 0) is 0 Å². The van der Waals surface area contributed by atoms with Crippen LogP contribution < -0.4 is 0 Å². The van der Waals surface area contributed by atoms with Crippen molar-refractivity contribution in [1.82, 2.24) is 0 Å². The van der Waals surface area contributed by atoms with Crippen LogP contribution in [-0.4, -0.2) is 11.2 Å². The van der Waals surface area contributed by atoms with Crippen LogP contribution in [0.2, 0.25) is 0 Å². The second kappa shape index (κ2) is 8.51. The van der Waals surface area contributed by atoms with Gasteiger partial charge in [0.2, 0.25) is 0 Å². The molecule has 4 rings (SSSR count). The Balaban J connectivity index is 1.50. The fourth-order valence-electron chi connectivity index (χ4n) is 8.67. The molecule has 0 aliphatic heterocycles. The molecular weight excluding hydrogens is 376 g/mol. The Bertz CT molecular complexity index is 744. The van der Waals surface area contributed by atoms with Gasteiger partial charge in [-0.1, -0.05) is 77.5 Å². The molecular formula is C30H48O. The van der Waals surface area contributed by atoms with Crippen LogP contribution in [0.1, 0.15) is 92.9 Å². The Morgan fingerprint density at radius 1 is 1.03 bits per heavy atom. The van der Waals surface area contributed by atoms with Crippen LogP contribution in [0, 0.1) is 52.3 Å². The molecule has 1 nitrogen and oxygen atoms in total. The molecule has 0 bridgehead atoms. The van der Waals surface area contributed by atoms with Crippen LogP contribution in [0.25, 0.3) is 0 Å². The van der Waals surface area contributed by atoms with Gasteiger partial charge in [0.1, 0.15) is 0 Å². The quantitative estimate of drug-likeness (QED) is 0.444. The summed E-state index contributed by atoms with van der Waals surface area (Å²) in [5, 5.41) is 10.2. The Morgan fingerprint density at radius 3 is 2.48 bits per heavy atom. The number of hydrogen-bond acceptors (Lipinski definition) is 1. The molecule has 4 aliphatic rings. The van der Waals surface area contributed by atoms with Crippen LogP contribution >= 0.6 is 0 Å². The maximum Gasteiger partial charge on any atom is 0.0577 e. The fraction of sp³-hybridized carbons (Fsp3) is 0.800. The lowest BCUT2D eigenvalue weighted by molar-refractivity contribution is -0.0540. The number of hydrogen-bond donors (Lipinski definition) is 1. The second-order valence-corrected chi connectivity index (χ2v) is 12.6. The van der Waals surface area contributed by atoms with E-state index in [1.54, 1.807) is 5.57 Å². The molecule has 5 unspecified atom stereocenters. The minimum atomic E-state index is -0.0950. The van der Waals surface area contributed by atoms with Gasteiger partial charge in [0, 0.05) is 0 Å². The SMILES string of the molecule is C=C(C(C)C)C(C)/C=C/[C@@H](C)C1CCC2C3CC=C4C[C@@H](O)CC[C@]4(C)C3CC[C@@]21C. The lowest BCUT2D eigenvalue weighted by Gasteiger charge is -2.58. The third-order valence-electron chi connectivity index (χ3n) is 10.8. The molecule has 0 aromatic heterocycles. The molecule has 0 saturated heterocycles. The van der Waals surface area contributed by atoms with Gasteiger partial charge in [-0.05, 0) is 104 Å². The van der Waals surface area contributed by atoms with Gasteiger partial charge in [0.15, 0.2) is 0 Å². The molecule has 0 heterocycles. The first-order chi connectivity index (χ1) is 14.6. The summed E-state index contributed by atoms with van der Waals surface area (Å²) in [6.07, 6.45) is 17.5. The van der Waals surface area contributed by atoms with Crippen molar-refractivity contribution in [2.24, 2.45) is 52.3 Å². The van der Waals surface area contributed by atoms with E-state index in [0.29, 0.717) is 28.6 Å². The molecule has 1 N–H and O–H groups in total. The average molecular weight is 425 g/mol. The van der Waals surface area contributed by atoms with E-state index in [1.807, 2.05) is 0 Å². The summed E-state index contributed by atoms with van der Waals surface area (Å²) in [4.78, 5) is 0. The van der Waals surface area contributed by atoms with Gasteiger partial charge in [-0.3, -0.25) is 0 Å². The highest BCUT2D eigenvalue weighted by Gasteiger charge is 2.58. The van der Waals surface area contributed by atoms with E-state index >= 15 is 0 Å². The average Bonchev–Trinajstić information content (AvgIpc) is 3.09. The summed E-state index contributed by atoms with van der Waals surface area (Å²) >= 11 is 0. The highest BCUT2D eigenvalue weighted by molar-refractivity contribution is 5.25. The Labute approximate surface area is 192 Å². The minimum Gasteiger partial charge on any atom is -0.393 e. The molecule has 0 amide bonds. The summed E-state index contributed by atoms with van der Waals surface area (Å²) in [5.74, 6) is 5.11. The molecule has 1 heteroatoms. The van der Waals surface area contributed by atoms with E-state index < -0.39 is 0 Å². The lowest BCUT2D eigenvalue weighted by atomic mass is 9.47. The number of aliphatic hydroxyl groups excluding tert-OH is 1. The standard InChI is InChI=1S/C30H48O/c1-19(2)22(5)20(3)8-9-21(4)26-12-13-27-25-11-10-23-18-24(31)14-16-29(23,6)28(25)15-17-30(26,27)7/h8-10,19-21,24-28,31H,5,11-18H2,1-4,6-7H3/b9-8+/t20?,21-,24+,25?,26?,27?,28?,29+,30-/m1/s1. The molecule has 31 heavy (non-hydrogen) atoms. The largest absolute Gasteiger partial charge is 0.393 e. The predicted molar refractivity (Wildman–Crippen MR) is 133 cm³/mol. The third kappa shape index (κ3) is 3.92. The molecule has 0 spiro atoms. The van der Waals surface area contributed by atoms with Crippen molar-refractivity contribution in [2.45, 2.75) is 99.0 Å². The topological polar surface area (TPSA) is 20.2 Å². The summed E-state index contributed by atoms with van der Waals surface area (Å²) in [7, 11) is 0. The smallest absolute Gasteiger partial charge is 0.0577 e. The van der Waals surface area contributed by atoms with Crippen molar-refractivity contribution in [2.75, 3.05) is 0 Å². The number of aliphatic hydroxyl groups is 1. The summed E-state index contributed by atoms with van der Waals surface area (Å²) in [6, 6.07) is 0. The van der Waals surface area contributed by atoms with Crippen LogP contribution in [0.15, 0.2) is 36.0 Å². The second-order valence-electron chi connectivity index (χ2n) is 12.6. The zero-order valence-corrected chi connectivity index (χ0v) is 21.2. The highest BCUT2D eigenvalue weighted by atomic mass is 16.3. The van der Waals surface area contributed by atoms with Gasteiger partial charge in [0.05, 0.1) is 6.10 Å². The first-order valence-corrected chi connectivity index (χ1v) is 13.3. The van der Waals surface area contributed by atoms with Crippen molar-refractivity contribution in [1.29, 1.82) is 0 Å². The van der Waals surface area contributed by atoms with E-state index in [4.69, 9.17) is 0 Å². The predicted octanol–water partition coefficient (Wildman–Crippen LogP) is 7.97. The summed E-state index contributed by atoms with van der Waals surface area (Å²) < 4.78 is 0. The maximum absolute atomic E-state index is 10.2. The Hall–Kier alpha value is -0.820. The van der Waals surface area contributed by atoms with E-state index in [-0.39, 0.29) is 6.10 Å². The summed E-state index contributed by atoms with van der Waals surface area (Å²) in [5.41, 5.74) is 3.81. The number of fused-ring (bicyclic) bond motifs is 5. The zero-order chi connectivity index (χ0) is 22.6.